The molecule has 0 aliphatic rings. The fourth-order valence-electron chi connectivity index (χ4n) is 11.7. The quantitative estimate of drug-likeness (QED) is 0.0320. The molecule has 474 valence electrons. The highest BCUT2D eigenvalue weighted by atomic mass is 16.5. The van der Waals surface area contributed by atoms with Crippen molar-refractivity contribution < 1.29 is 24.5 Å². The number of amides is 1. The number of carbonyl (C=O) groups is 2. The number of allylic oxidation sites excluding steroid dienone is 4. The molecule has 0 aliphatic carbocycles. The molecule has 0 aromatic heterocycles. The predicted molar refractivity (Wildman–Crippen MR) is 352 cm³/mol. The summed E-state index contributed by atoms with van der Waals surface area (Å²) < 4.78 is 5.50. The Labute approximate surface area is 501 Å². The minimum Gasteiger partial charge on any atom is -0.466 e. The molecule has 0 aromatic carbocycles. The zero-order valence-corrected chi connectivity index (χ0v) is 54.3. The standard InChI is InChI=1S/C74H143NO5/c1-3-5-7-9-11-13-15-17-38-42-46-50-54-58-62-66-72(77)71(70-76)75-73(78)67-63-59-55-51-47-43-40-36-34-32-30-28-26-24-22-20-19-21-23-25-27-29-31-33-35-37-41-45-49-53-57-61-65-69-80-74(79)68-64-60-56-52-48-44-39-18-16-14-12-10-8-6-4-2/h23,25,29,31,71-72,76-77H,3-22,24,26-28,30,32-70H2,1-2H3,(H,75,78)/b25-23-,31-29-. The number of carbonyl (C=O) groups excluding carboxylic acids is 2. The Morgan fingerprint density at radius 3 is 0.950 bits per heavy atom. The first-order chi connectivity index (χ1) is 39.5. The van der Waals surface area contributed by atoms with Gasteiger partial charge in [0.15, 0.2) is 0 Å². The Kier molecular flexibility index (Phi) is 68.4. The summed E-state index contributed by atoms with van der Waals surface area (Å²) in [5.74, 6) is -0.0121. The van der Waals surface area contributed by atoms with E-state index < -0.39 is 12.1 Å². The molecule has 0 spiro atoms. The van der Waals surface area contributed by atoms with Gasteiger partial charge in [0.2, 0.25) is 5.91 Å². The van der Waals surface area contributed by atoms with Crippen molar-refractivity contribution in [3.05, 3.63) is 24.3 Å². The van der Waals surface area contributed by atoms with Crippen LogP contribution in [-0.4, -0.2) is 47.4 Å². The van der Waals surface area contributed by atoms with Crippen molar-refractivity contribution in [3.8, 4) is 0 Å². The van der Waals surface area contributed by atoms with E-state index in [9.17, 15) is 19.8 Å². The average molecular weight is 1130 g/mol. The highest BCUT2D eigenvalue weighted by Gasteiger charge is 2.20. The molecule has 6 nitrogen and oxygen atoms in total. The second-order valence-corrected chi connectivity index (χ2v) is 25.3. The van der Waals surface area contributed by atoms with Crippen LogP contribution < -0.4 is 5.32 Å². The summed E-state index contributed by atoms with van der Waals surface area (Å²) in [6, 6.07) is -0.539. The number of nitrogens with one attached hydrogen (secondary N) is 1. The van der Waals surface area contributed by atoms with E-state index in [-0.39, 0.29) is 18.5 Å². The third-order valence-corrected chi connectivity index (χ3v) is 17.3. The predicted octanol–water partition coefficient (Wildman–Crippen LogP) is 23.7. The number of rotatable bonds is 69. The average Bonchev–Trinajstić information content (AvgIpc) is 3.46. The van der Waals surface area contributed by atoms with Crippen LogP contribution in [0.2, 0.25) is 0 Å². The van der Waals surface area contributed by atoms with E-state index in [1.165, 1.54) is 334 Å². The van der Waals surface area contributed by atoms with Gasteiger partial charge in [-0.15, -0.1) is 0 Å². The molecule has 0 fully saturated rings. The highest BCUT2D eigenvalue weighted by molar-refractivity contribution is 5.76. The van der Waals surface area contributed by atoms with Crippen molar-refractivity contribution in [2.45, 2.75) is 424 Å². The fraction of sp³-hybridized carbons (Fsp3) is 0.919. The summed E-state index contributed by atoms with van der Waals surface area (Å²) in [7, 11) is 0. The molecule has 1 amide bonds. The maximum absolute atomic E-state index is 12.5. The van der Waals surface area contributed by atoms with Crippen molar-refractivity contribution in [3.63, 3.8) is 0 Å². The van der Waals surface area contributed by atoms with Gasteiger partial charge in [-0.25, -0.2) is 0 Å². The largest absolute Gasteiger partial charge is 0.466 e. The molecule has 2 atom stereocenters. The van der Waals surface area contributed by atoms with E-state index >= 15 is 0 Å². The van der Waals surface area contributed by atoms with Crippen LogP contribution in [0.3, 0.4) is 0 Å². The second-order valence-electron chi connectivity index (χ2n) is 25.3. The molecule has 0 aliphatic heterocycles. The van der Waals surface area contributed by atoms with Gasteiger partial charge in [-0.05, 0) is 57.8 Å². The molecule has 3 N–H and O–H groups in total. The normalized spacial score (nSPS) is 12.6. The van der Waals surface area contributed by atoms with E-state index in [1.54, 1.807) is 0 Å². The van der Waals surface area contributed by atoms with Crippen LogP contribution in [0.1, 0.15) is 412 Å². The van der Waals surface area contributed by atoms with Gasteiger partial charge in [0, 0.05) is 12.8 Å². The van der Waals surface area contributed by atoms with Gasteiger partial charge in [-0.2, -0.15) is 0 Å². The number of hydrogen-bond donors (Lipinski definition) is 3. The molecule has 0 saturated heterocycles. The van der Waals surface area contributed by atoms with Gasteiger partial charge in [-0.3, -0.25) is 9.59 Å². The minimum atomic E-state index is -0.662. The number of aliphatic hydroxyl groups excluding tert-OH is 2. The van der Waals surface area contributed by atoms with Gasteiger partial charge in [0.25, 0.3) is 0 Å². The van der Waals surface area contributed by atoms with Crippen molar-refractivity contribution in [2.24, 2.45) is 0 Å². The lowest BCUT2D eigenvalue weighted by Gasteiger charge is -2.22. The molecular weight excluding hydrogens is 983 g/mol. The second kappa shape index (κ2) is 69.8. The molecule has 0 heterocycles. The Bertz CT molecular complexity index is 1250. The maximum Gasteiger partial charge on any atom is 0.305 e. The summed E-state index contributed by atoms with van der Waals surface area (Å²) in [6.07, 6.45) is 88.1. The van der Waals surface area contributed by atoms with Crippen LogP contribution in [0.5, 0.6) is 0 Å². The highest BCUT2D eigenvalue weighted by Crippen LogP contribution is 2.19. The van der Waals surface area contributed by atoms with Crippen LogP contribution >= 0.6 is 0 Å². The third kappa shape index (κ3) is 65.5. The van der Waals surface area contributed by atoms with E-state index in [0.29, 0.717) is 25.9 Å². The molecule has 6 heteroatoms. The number of unbranched alkanes of at least 4 members (excludes halogenated alkanes) is 54. The summed E-state index contributed by atoms with van der Waals surface area (Å²) in [5.41, 5.74) is 0. The Morgan fingerprint density at radius 1 is 0.350 bits per heavy atom. The molecule has 0 saturated carbocycles. The summed E-state index contributed by atoms with van der Waals surface area (Å²) in [5, 5.41) is 23.3. The first-order valence-corrected chi connectivity index (χ1v) is 36.6. The molecule has 0 rings (SSSR count). The topological polar surface area (TPSA) is 95.9 Å². The molecule has 0 aromatic rings. The molecule has 0 bridgehead atoms. The SMILES string of the molecule is CCCCCCCCCCCCCCCCCC(=O)OCCCCCCCCCCC/C=C\C/C=C\CCCCCCCCCCCCCCCCCCCC(=O)NC(CO)C(O)CCCCCCCCCCCCCCCCC. The van der Waals surface area contributed by atoms with Gasteiger partial charge in [0.05, 0.1) is 25.4 Å². The molecule has 80 heavy (non-hydrogen) atoms. The van der Waals surface area contributed by atoms with E-state index in [0.717, 1.165) is 44.9 Å². The number of aliphatic hydroxyl groups is 2. The van der Waals surface area contributed by atoms with Gasteiger partial charge < -0.3 is 20.3 Å². The number of hydrogen-bond acceptors (Lipinski definition) is 5. The lowest BCUT2D eigenvalue weighted by atomic mass is 10.0. The summed E-state index contributed by atoms with van der Waals surface area (Å²) in [6.45, 7) is 4.99. The maximum atomic E-state index is 12.5. The van der Waals surface area contributed by atoms with Crippen LogP contribution in [-0.2, 0) is 14.3 Å². The number of ether oxygens (including phenoxy) is 1. The van der Waals surface area contributed by atoms with E-state index in [2.05, 4.69) is 43.5 Å². The van der Waals surface area contributed by atoms with Crippen LogP contribution in [0.4, 0.5) is 0 Å². The molecular formula is C74H143NO5. The van der Waals surface area contributed by atoms with Crippen molar-refractivity contribution in [1.82, 2.24) is 5.32 Å². The fourth-order valence-corrected chi connectivity index (χ4v) is 11.7. The van der Waals surface area contributed by atoms with E-state index in [1.807, 2.05) is 0 Å². The molecule has 0 radical (unpaired) electrons. The van der Waals surface area contributed by atoms with Crippen LogP contribution in [0.15, 0.2) is 24.3 Å². The minimum absolute atomic E-state index is 0.0178. The smallest absolute Gasteiger partial charge is 0.305 e. The number of esters is 1. The monoisotopic (exact) mass is 1130 g/mol. The van der Waals surface area contributed by atoms with Crippen molar-refractivity contribution in [2.75, 3.05) is 13.2 Å². The zero-order chi connectivity index (χ0) is 57.8. The van der Waals surface area contributed by atoms with Gasteiger partial charge in [-0.1, -0.05) is 366 Å². The van der Waals surface area contributed by atoms with Crippen molar-refractivity contribution >= 4 is 11.9 Å². The third-order valence-electron chi connectivity index (χ3n) is 17.3. The Morgan fingerprint density at radius 2 is 0.625 bits per heavy atom. The van der Waals surface area contributed by atoms with Crippen LogP contribution in [0, 0.1) is 0 Å². The van der Waals surface area contributed by atoms with Crippen LogP contribution in [0.25, 0.3) is 0 Å². The zero-order valence-electron chi connectivity index (χ0n) is 54.3. The van der Waals surface area contributed by atoms with E-state index in [4.69, 9.17) is 4.74 Å². The van der Waals surface area contributed by atoms with Gasteiger partial charge >= 0.3 is 5.97 Å². The first-order valence-electron chi connectivity index (χ1n) is 36.6. The van der Waals surface area contributed by atoms with Crippen molar-refractivity contribution in [1.29, 1.82) is 0 Å². The van der Waals surface area contributed by atoms with Gasteiger partial charge in [0.1, 0.15) is 0 Å². The Hall–Kier alpha value is -1.66. The lowest BCUT2D eigenvalue weighted by molar-refractivity contribution is -0.143. The lowest BCUT2D eigenvalue weighted by Crippen LogP contribution is -2.45. The Balaban J connectivity index is 3.36. The summed E-state index contributed by atoms with van der Waals surface area (Å²) >= 11 is 0. The first kappa shape index (κ1) is 78.3. The summed E-state index contributed by atoms with van der Waals surface area (Å²) in [4.78, 5) is 24.6. The molecule has 2 unspecified atom stereocenters.